The average Bonchev–Trinajstić information content (AvgIpc) is 3.69. The van der Waals surface area contributed by atoms with E-state index in [2.05, 4.69) is 34.6 Å². The molecular formula is C67H130O17P2. The standard InChI is InChI=1S/C67H130O17P2/c1-6-9-12-15-18-20-22-24-25-26-27-28-29-31-33-36-42-47-52-66(71)83-62(57-78-65(70)51-46-41-35-32-30-23-21-19-16-13-10-7-2)58-81-85(73,74)79-54-61(68)55-80-86(75,76)82-59-63(56-77-64(69)50-45-40-34-17-14-11-8-3)84-67(72)53-48-43-38-37-39-44-49-60(4)5/h60-63,68H,6-59H2,1-5H3,(H,73,74)(H,75,76)/t61-,62-,63-/m1/s1. The van der Waals surface area contributed by atoms with Gasteiger partial charge in [-0.3, -0.25) is 37.3 Å². The molecule has 0 aromatic heterocycles. The van der Waals surface area contributed by atoms with Crippen LogP contribution in [-0.2, 0) is 65.4 Å². The van der Waals surface area contributed by atoms with E-state index in [-0.39, 0.29) is 25.7 Å². The second-order valence-electron chi connectivity index (χ2n) is 24.7. The third-order valence-corrected chi connectivity index (χ3v) is 17.4. The molecule has 0 aliphatic heterocycles. The first-order valence-corrected chi connectivity index (χ1v) is 38.1. The van der Waals surface area contributed by atoms with Crippen molar-refractivity contribution >= 4 is 39.5 Å². The molecule has 0 saturated carbocycles. The van der Waals surface area contributed by atoms with Crippen molar-refractivity contribution in [3.05, 3.63) is 0 Å². The molecule has 0 spiro atoms. The van der Waals surface area contributed by atoms with Gasteiger partial charge >= 0.3 is 39.5 Å². The molecule has 510 valence electrons. The summed E-state index contributed by atoms with van der Waals surface area (Å²) in [6, 6.07) is 0. The Bertz CT molecular complexity index is 1670. The van der Waals surface area contributed by atoms with Crippen LogP contribution in [-0.4, -0.2) is 96.7 Å². The second kappa shape index (κ2) is 60.6. The van der Waals surface area contributed by atoms with Crippen molar-refractivity contribution in [2.45, 2.75) is 361 Å². The molecular weight excluding hydrogens is 1140 g/mol. The Kier molecular flexibility index (Phi) is 59.2. The van der Waals surface area contributed by atoms with Crippen molar-refractivity contribution in [2.24, 2.45) is 5.92 Å². The molecule has 0 aliphatic rings. The van der Waals surface area contributed by atoms with Crippen LogP contribution in [0.2, 0.25) is 0 Å². The zero-order valence-corrected chi connectivity index (χ0v) is 57.2. The van der Waals surface area contributed by atoms with Gasteiger partial charge in [0.2, 0.25) is 0 Å². The van der Waals surface area contributed by atoms with Crippen molar-refractivity contribution < 1.29 is 80.2 Å². The lowest BCUT2D eigenvalue weighted by molar-refractivity contribution is -0.161. The van der Waals surface area contributed by atoms with E-state index in [4.69, 9.17) is 37.0 Å². The summed E-state index contributed by atoms with van der Waals surface area (Å²) in [6.45, 7) is 7.09. The van der Waals surface area contributed by atoms with E-state index in [0.717, 1.165) is 103 Å². The molecule has 0 amide bonds. The highest BCUT2D eigenvalue weighted by atomic mass is 31.2. The van der Waals surface area contributed by atoms with Crippen molar-refractivity contribution in [1.29, 1.82) is 0 Å². The van der Waals surface area contributed by atoms with Gasteiger partial charge in [0.05, 0.1) is 26.4 Å². The first-order chi connectivity index (χ1) is 41.5. The number of aliphatic hydroxyl groups is 1. The summed E-state index contributed by atoms with van der Waals surface area (Å²) in [5.74, 6) is -1.47. The number of carbonyl (C=O) groups excluding carboxylic acids is 4. The van der Waals surface area contributed by atoms with Gasteiger partial charge in [-0.15, -0.1) is 0 Å². The number of esters is 4. The lowest BCUT2D eigenvalue weighted by Crippen LogP contribution is -2.30. The summed E-state index contributed by atoms with van der Waals surface area (Å²) in [7, 11) is -9.89. The summed E-state index contributed by atoms with van der Waals surface area (Å²) in [5.41, 5.74) is 0. The maximum Gasteiger partial charge on any atom is 0.472 e. The van der Waals surface area contributed by atoms with Gasteiger partial charge < -0.3 is 33.8 Å². The molecule has 17 nitrogen and oxygen atoms in total. The maximum absolute atomic E-state index is 13.0. The largest absolute Gasteiger partial charge is 0.472 e. The molecule has 0 fully saturated rings. The van der Waals surface area contributed by atoms with Crippen LogP contribution < -0.4 is 0 Å². The van der Waals surface area contributed by atoms with Gasteiger partial charge in [0, 0.05) is 25.7 Å². The average molecular weight is 1270 g/mol. The van der Waals surface area contributed by atoms with Crippen molar-refractivity contribution in [2.75, 3.05) is 39.6 Å². The zero-order valence-electron chi connectivity index (χ0n) is 55.4. The first-order valence-electron chi connectivity index (χ1n) is 35.1. The molecule has 0 aromatic carbocycles. The Balaban J connectivity index is 5.17. The number of unbranched alkanes of at least 4 members (excludes halogenated alkanes) is 39. The van der Waals surface area contributed by atoms with Crippen LogP contribution >= 0.6 is 15.6 Å². The Morgan fingerprint density at radius 1 is 0.314 bits per heavy atom. The van der Waals surface area contributed by atoms with Crippen molar-refractivity contribution in [3.63, 3.8) is 0 Å². The third kappa shape index (κ3) is 60.9. The molecule has 0 aromatic rings. The second-order valence-corrected chi connectivity index (χ2v) is 27.6. The highest BCUT2D eigenvalue weighted by Crippen LogP contribution is 2.45. The molecule has 3 N–H and O–H groups in total. The first kappa shape index (κ1) is 84.1. The van der Waals surface area contributed by atoms with Gasteiger partial charge in [0.25, 0.3) is 0 Å². The number of phosphoric acid groups is 2. The molecule has 2 unspecified atom stereocenters. The summed E-state index contributed by atoms with van der Waals surface area (Å²) < 4.78 is 68.0. The number of carbonyl (C=O) groups is 4. The van der Waals surface area contributed by atoms with Crippen LogP contribution in [0.5, 0.6) is 0 Å². The topological polar surface area (TPSA) is 237 Å². The number of hydrogen-bond donors (Lipinski definition) is 3. The minimum atomic E-state index is -4.95. The normalized spacial score (nSPS) is 14.2. The van der Waals surface area contributed by atoms with Gasteiger partial charge in [-0.2, -0.15) is 0 Å². The SMILES string of the molecule is CCCCCCCCCCCCCCCCCCCCC(=O)O[C@H](COC(=O)CCCCCCCCCCCCCC)COP(=O)(O)OC[C@@H](O)COP(=O)(O)OC[C@@H](COC(=O)CCCCCCCCC)OC(=O)CCCCCCCCC(C)C. The molecule has 0 bridgehead atoms. The molecule has 0 heterocycles. The van der Waals surface area contributed by atoms with Gasteiger partial charge in [-0.05, 0) is 31.6 Å². The lowest BCUT2D eigenvalue weighted by atomic mass is 10.0. The quantitative estimate of drug-likeness (QED) is 0.0222. The van der Waals surface area contributed by atoms with Gasteiger partial charge in [0.15, 0.2) is 12.2 Å². The van der Waals surface area contributed by atoms with Crippen molar-refractivity contribution in [3.8, 4) is 0 Å². The Labute approximate surface area is 524 Å². The number of phosphoric ester groups is 2. The minimum absolute atomic E-state index is 0.102. The predicted molar refractivity (Wildman–Crippen MR) is 345 cm³/mol. The van der Waals surface area contributed by atoms with Crippen LogP contribution in [0.15, 0.2) is 0 Å². The zero-order chi connectivity index (χ0) is 63.5. The summed E-state index contributed by atoms with van der Waals surface area (Å²) >= 11 is 0. The smallest absolute Gasteiger partial charge is 0.462 e. The van der Waals surface area contributed by atoms with E-state index < -0.39 is 97.5 Å². The minimum Gasteiger partial charge on any atom is -0.462 e. The number of rotatable bonds is 67. The lowest BCUT2D eigenvalue weighted by Gasteiger charge is -2.21. The fourth-order valence-corrected chi connectivity index (χ4v) is 11.7. The Morgan fingerprint density at radius 3 is 0.791 bits per heavy atom. The van der Waals surface area contributed by atoms with Crippen LogP contribution in [0, 0.1) is 5.92 Å². The van der Waals surface area contributed by atoms with E-state index in [1.54, 1.807) is 0 Å². The Hall–Kier alpha value is -1.94. The Morgan fingerprint density at radius 2 is 0.535 bits per heavy atom. The summed E-state index contributed by atoms with van der Waals surface area (Å²) in [5, 5.41) is 10.5. The van der Waals surface area contributed by atoms with Crippen LogP contribution in [0.3, 0.4) is 0 Å². The molecule has 5 atom stereocenters. The van der Waals surface area contributed by atoms with E-state index >= 15 is 0 Å². The molecule has 0 aliphatic carbocycles. The van der Waals surface area contributed by atoms with Crippen LogP contribution in [0.4, 0.5) is 0 Å². The summed E-state index contributed by atoms with van der Waals surface area (Å²) in [4.78, 5) is 72.2. The van der Waals surface area contributed by atoms with Crippen LogP contribution in [0.1, 0.15) is 343 Å². The van der Waals surface area contributed by atoms with Gasteiger partial charge in [0.1, 0.15) is 19.3 Å². The highest BCUT2D eigenvalue weighted by Gasteiger charge is 2.30. The highest BCUT2D eigenvalue weighted by molar-refractivity contribution is 7.47. The van der Waals surface area contributed by atoms with E-state index in [0.29, 0.717) is 31.6 Å². The third-order valence-electron chi connectivity index (χ3n) is 15.5. The predicted octanol–water partition coefficient (Wildman–Crippen LogP) is 19.0. The number of hydrogen-bond acceptors (Lipinski definition) is 15. The van der Waals surface area contributed by atoms with Crippen LogP contribution in [0.25, 0.3) is 0 Å². The molecule has 86 heavy (non-hydrogen) atoms. The van der Waals surface area contributed by atoms with Crippen molar-refractivity contribution in [1.82, 2.24) is 0 Å². The maximum atomic E-state index is 13.0. The van der Waals surface area contributed by atoms with Gasteiger partial charge in [-0.1, -0.05) is 291 Å². The number of ether oxygens (including phenoxy) is 4. The molecule has 0 saturated heterocycles. The molecule has 19 heteroatoms. The fourth-order valence-electron chi connectivity index (χ4n) is 10.1. The molecule has 0 radical (unpaired) electrons. The van der Waals surface area contributed by atoms with E-state index in [1.165, 1.54) is 154 Å². The van der Waals surface area contributed by atoms with Gasteiger partial charge in [-0.25, -0.2) is 9.13 Å². The summed E-state index contributed by atoms with van der Waals surface area (Å²) in [6.07, 6.45) is 46.1. The molecule has 0 rings (SSSR count). The number of aliphatic hydroxyl groups excluding tert-OH is 1. The van der Waals surface area contributed by atoms with E-state index in [9.17, 15) is 43.2 Å². The fraction of sp³-hybridized carbons (Fsp3) is 0.940. The monoisotopic (exact) mass is 1270 g/mol. The van der Waals surface area contributed by atoms with E-state index in [1.807, 2.05) is 0 Å².